The normalized spacial score (nSPS) is 11.7. The predicted molar refractivity (Wildman–Crippen MR) is 156 cm³/mol. The lowest BCUT2D eigenvalue weighted by molar-refractivity contribution is -0.384. The van der Waals surface area contributed by atoms with Crippen molar-refractivity contribution in [1.29, 1.82) is 0 Å². The Morgan fingerprint density at radius 3 is 1.88 bits per heavy atom. The fourth-order valence-corrected chi connectivity index (χ4v) is 5.69. The van der Waals surface area contributed by atoms with Crippen LogP contribution in [0.5, 0.6) is 0 Å². The van der Waals surface area contributed by atoms with Crippen LogP contribution in [-0.4, -0.2) is 14.7 Å². The molecule has 7 aromatic rings. The van der Waals surface area contributed by atoms with Crippen LogP contribution >= 0.6 is 0 Å². The van der Waals surface area contributed by atoms with Crippen LogP contribution in [0, 0.1) is 15.9 Å². The van der Waals surface area contributed by atoms with E-state index in [9.17, 15) is 14.5 Å². The number of hydrogen-bond donors (Lipinski definition) is 0. The number of nitrogens with zero attached hydrogens (tertiary/aromatic N) is 3. The third-order valence-electron chi connectivity index (χ3n) is 7.48. The number of benzene rings is 5. The van der Waals surface area contributed by atoms with E-state index >= 15 is 0 Å². The van der Waals surface area contributed by atoms with Crippen LogP contribution in [0.1, 0.15) is 16.7 Å². The molecule has 0 aliphatic heterocycles. The number of nitro benzene ring substituents is 1. The van der Waals surface area contributed by atoms with Crippen molar-refractivity contribution < 1.29 is 13.7 Å². The minimum atomic E-state index is -0.950. The van der Waals surface area contributed by atoms with Gasteiger partial charge in [-0.25, -0.2) is 9.07 Å². The van der Waals surface area contributed by atoms with Gasteiger partial charge in [0, 0.05) is 22.9 Å². The number of rotatable bonds is 6. The molecule has 0 saturated heterocycles. The van der Waals surface area contributed by atoms with Gasteiger partial charge in [-0.1, -0.05) is 91.0 Å². The number of hydrogen-bond acceptors (Lipinski definition) is 4. The summed E-state index contributed by atoms with van der Waals surface area (Å²) >= 11 is 0. The average molecular weight is 540 g/mol. The van der Waals surface area contributed by atoms with Crippen LogP contribution in [0.4, 0.5) is 10.1 Å². The largest absolute Gasteiger partial charge is 0.454 e. The second kappa shape index (κ2) is 9.57. The zero-order valence-electron chi connectivity index (χ0n) is 21.6. The molecular formula is C34H22FN3O3. The first-order valence-corrected chi connectivity index (χ1v) is 13.1. The Balaban J connectivity index is 1.63. The summed E-state index contributed by atoms with van der Waals surface area (Å²) in [6.45, 7) is 0. The average Bonchev–Trinajstić information content (AvgIpc) is 3.60. The molecule has 0 N–H and O–H groups in total. The first-order valence-electron chi connectivity index (χ1n) is 13.1. The molecular weight excluding hydrogens is 517 g/mol. The fraction of sp³-hybridized carbons (Fsp3) is 0.0294. The van der Waals surface area contributed by atoms with Crippen molar-refractivity contribution in [2.75, 3.05) is 0 Å². The highest BCUT2D eigenvalue weighted by Crippen LogP contribution is 2.45. The number of furan rings is 1. The van der Waals surface area contributed by atoms with Crippen molar-refractivity contribution in [2.45, 2.75) is 5.54 Å². The summed E-state index contributed by atoms with van der Waals surface area (Å²) in [4.78, 5) is 11.4. The Hall–Kier alpha value is -5.56. The van der Waals surface area contributed by atoms with Gasteiger partial charge in [0.2, 0.25) is 0 Å². The number of non-ortho nitro benzene ring substituents is 1. The molecule has 6 nitrogen and oxygen atoms in total. The van der Waals surface area contributed by atoms with E-state index in [4.69, 9.17) is 9.52 Å². The second-order valence-electron chi connectivity index (χ2n) is 9.82. The molecule has 7 rings (SSSR count). The Morgan fingerprint density at radius 1 is 0.732 bits per heavy atom. The minimum Gasteiger partial charge on any atom is -0.454 e. The summed E-state index contributed by atoms with van der Waals surface area (Å²) in [5.74, 6) is 0.00468. The van der Waals surface area contributed by atoms with Crippen molar-refractivity contribution in [3.05, 3.63) is 166 Å². The van der Waals surface area contributed by atoms with Gasteiger partial charge in [-0.15, -0.1) is 0 Å². The van der Waals surface area contributed by atoms with Gasteiger partial charge in [-0.05, 0) is 47.0 Å². The lowest BCUT2D eigenvalue weighted by Crippen LogP contribution is -2.38. The van der Waals surface area contributed by atoms with Crippen LogP contribution < -0.4 is 0 Å². The number of halogens is 1. The van der Waals surface area contributed by atoms with Crippen LogP contribution in [0.2, 0.25) is 0 Å². The Morgan fingerprint density at radius 2 is 1.32 bits per heavy atom. The summed E-state index contributed by atoms with van der Waals surface area (Å²) in [5, 5.41) is 18.2. The lowest BCUT2D eigenvalue weighted by atomic mass is 9.77. The van der Waals surface area contributed by atoms with E-state index in [1.54, 1.807) is 18.2 Å². The molecule has 41 heavy (non-hydrogen) atoms. The Kier molecular flexibility index (Phi) is 5.71. The van der Waals surface area contributed by atoms with Gasteiger partial charge >= 0.3 is 0 Å². The van der Waals surface area contributed by atoms with Crippen molar-refractivity contribution in [1.82, 2.24) is 9.78 Å². The smallest absolute Gasteiger partial charge is 0.270 e. The molecule has 0 saturated carbocycles. The van der Waals surface area contributed by atoms with E-state index in [-0.39, 0.29) is 11.5 Å². The van der Waals surface area contributed by atoms with Gasteiger partial charge in [-0.3, -0.25) is 10.1 Å². The summed E-state index contributed by atoms with van der Waals surface area (Å²) in [6.07, 6.45) is 0. The van der Waals surface area contributed by atoms with Crippen LogP contribution in [0.3, 0.4) is 0 Å². The van der Waals surface area contributed by atoms with Crippen LogP contribution in [0.25, 0.3) is 33.3 Å². The zero-order chi connectivity index (χ0) is 28.0. The topological polar surface area (TPSA) is 74.1 Å². The molecule has 0 aliphatic rings. The van der Waals surface area contributed by atoms with E-state index in [1.807, 2.05) is 59.3 Å². The van der Waals surface area contributed by atoms with Gasteiger partial charge in [0.25, 0.3) is 5.69 Å². The summed E-state index contributed by atoms with van der Waals surface area (Å²) in [6, 6.07) is 40.9. The maximum atomic E-state index is 14.0. The SMILES string of the molecule is O=[N+]([O-])c1ccc2c(c1)c(-c1cc3cc(F)ccc3o1)nn2C(c1ccccc1)(c1ccccc1)c1ccccc1. The molecule has 0 unspecified atom stereocenters. The Labute approximate surface area is 234 Å². The molecule has 198 valence electrons. The summed E-state index contributed by atoms with van der Waals surface area (Å²) in [7, 11) is 0. The van der Waals surface area contributed by atoms with Crippen molar-refractivity contribution in [2.24, 2.45) is 0 Å². The first-order chi connectivity index (χ1) is 20.1. The monoisotopic (exact) mass is 539 g/mol. The van der Waals surface area contributed by atoms with Crippen LogP contribution in [-0.2, 0) is 5.54 Å². The van der Waals surface area contributed by atoms with Gasteiger partial charge in [-0.2, -0.15) is 5.10 Å². The van der Waals surface area contributed by atoms with E-state index in [0.717, 1.165) is 16.7 Å². The highest BCUT2D eigenvalue weighted by atomic mass is 19.1. The highest BCUT2D eigenvalue weighted by Gasteiger charge is 2.41. The lowest BCUT2D eigenvalue weighted by Gasteiger charge is -2.37. The van der Waals surface area contributed by atoms with E-state index in [0.29, 0.717) is 33.3 Å². The molecule has 2 heterocycles. The molecule has 0 bridgehead atoms. The third kappa shape index (κ3) is 3.90. The van der Waals surface area contributed by atoms with Crippen molar-refractivity contribution in [3.8, 4) is 11.5 Å². The van der Waals surface area contributed by atoms with E-state index in [1.165, 1.54) is 24.3 Å². The zero-order valence-corrected chi connectivity index (χ0v) is 21.6. The minimum absolute atomic E-state index is 0.0646. The molecule has 0 radical (unpaired) electrons. The van der Waals surface area contributed by atoms with E-state index in [2.05, 4.69) is 36.4 Å². The van der Waals surface area contributed by atoms with Crippen molar-refractivity contribution >= 4 is 27.6 Å². The molecule has 0 atom stereocenters. The molecule has 0 amide bonds. The van der Waals surface area contributed by atoms with Gasteiger partial charge in [0.1, 0.15) is 22.6 Å². The summed E-state index contributed by atoms with van der Waals surface area (Å²) in [5.41, 5.74) is 3.45. The third-order valence-corrected chi connectivity index (χ3v) is 7.48. The van der Waals surface area contributed by atoms with Crippen molar-refractivity contribution in [3.63, 3.8) is 0 Å². The Bertz CT molecular complexity index is 1940. The van der Waals surface area contributed by atoms with E-state index < -0.39 is 10.5 Å². The molecule has 5 aromatic carbocycles. The maximum Gasteiger partial charge on any atom is 0.270 e. The quantitative estimate of drug-likeness (QED) is 0.121. The maximum absolute atomic E-state index is 14.0. The predicted octanol–water partition coefficient (Wildman–Crippen LogP) is 8.34. The first kappa shape index (κ1) is 24.5. The summed E-state index contributed by atoms with van der Waals surface area (Å²) < 4.78 is 22.1. The van der Waals surface area contributed by atoms with Gasteiger partial charge in [0.05, 0.1) is 10.4 Å². The van der Waals surface area contributed by atoms with Gasteiger partial charge < -0.3 is 4.42 Å². The molecule has 0 fully saturated rings. The number of fused-ring (bicyclic) bond motifs is 2. The standard InChI is InChI=1S/C34H22FN3O3/c35-27-16-19-31-23(20-27)21-32(41-31)33-29-22-28(38(39)40)17-18-30(29)37(36-33)34(24-10-4-1-5-11-24,25-12-6-2-7-13-25)26-14-8-3-9-15-26/h1-22H. The molecule has 0 aliphatic carbocycles. The molecule has 0 spiro atoms. The van der Waals surface area contributed by atoms with Gasteiger partial charge in [0.15, 0.2) is 5.76 Å². The van der Waals surface area contributed by atoms with Crippen LogP contribution in [0.15, 0.2) is 138 Å². The molecule has 7 heteroatoms. The fourth-order valence-electron chi connectivity index (χ4n) is 5.69. The second-order valence-corrected chi connectivity index (χ2v) is 9.82. The number of nitro groups is 1. The highest BCUT2D eigenvalue weighted by molar-refractivity contribution is 5.96. The molecule has 2 aromatic heterocycles. The number of aromatic nitrogens is 2.